The van der Waals surface area contributed by atoms with Crippen LogP contribution in [0.2, 0.25) is 0 Å². The van der Waals surface area contributed by atoms with Gasteiger partial charge >= 0.3 is 0 Å². The Balaban J connectivity index is 1.88. The Morgan fingerprint density at radius 2 is 2.31 bits per heavy atom. The second-order valence-corrected chi connectivity index (χ2v) is 5.98. The van der Waals surface area contributed by atoms with Gasteiger partial charge in [-0.3, -0.25) is 4.79 Å². The number of anilines is 1. The first-order valence-electron chi connectivity index (χ1n) is 5.04. The molecule has 1 aliphatic carbocycles. The number of nitrogens with zero attached hydrogens (tertiary/aromatic N) is 2. The third kappa shape index (κ3) is 2.46. The zero-order valence-electron chi connectivity index (χ0n) is 9.24. The van der Waals surface area contributed by atoms with Crippen LogP contribution in [-0.2, 0) is 0 Å². The number of amides is 1. The Morgan fingerprint density at radius 1 is 1.56 bits per heavy atom. The molecular weight excluding hydrogens is 244 g/mol. The molecule has 0 aliphatic heterocycles. The maximum absolute atomic E-state index is 11.7. The maximum atomic E-state index is 11.7. The van der Waals surface area contributed by atoms with E-state index < -0.39 is 0 Å². The van der Waals surface area contributed by atoms with E-state index in [2.05, 4.69) is 27.1 Å². The van der Waals surface area contributed by atoms with Gasteiger partial charge in [-0.2, -0.15) is 11.8 Å². The van der Waals surface area contributed by atoms with Crippen LogP contribution in [0.5, 0.6) is 0 Å². The Labute approximate surface area is 102 Å². The van der Waals surface area contributed by atoms with Crippen LogP contribution < -0.4 is 10.6 Å². The van der Waals surface area contributed by atoms with Crippen molar-refractivity contribution in [3.8, 4) is 0 Å². The highest BCUT2D eigenvalue weighted by Gasteiger charge is 2.42. The van der Waals surface area contributed by atoms with Crippen molar-refractivity contribution < 1.29 is 4.79 Å². The summed E-state index contributed by atoms with van der Waals surface area (Å²) >= 11 is 3.09. The van der Waals surface area contributed by atoms with Crippen molar-refractivity contribution in [2.24, 2.45) is 0 Å². The second kappa shape index (κ2) is 4.58. The predicted molar refractivity (Wildman–Crippen MR) is 67.3 cm³/mol. The minimum Gasteiger partial charge on any atom is -0.363 e. The van der Waals surface area contributed by atoms with Crippen molar-refractivity contribution in [1.82, 2.24) is 15.5 Å². The first kappa shape index (κ1) is 11.7. The van der Waals surface area contributed by atoms with Crippen molar-refractivity contribution in [3.63, 3.8) is 0 Å². The minimum atomic E-state index is -0.126. The first-order valence-corrected chi connectivity index (χ1v) is 7.08. The van der Waals surface area contributed by atoms with E-state index in [1.807, 2.05) is 11.8 Å². The topological polar surface area (TPSA) is 66.9 Å². The van der Waals surface area contributed by atoms with Crippen LogP contribution in [0.25, 0.3) is 0 Å². The molecule has 1 aromatic rings. The lowest BCUT2D eigenvalue weighted by Crippen LogP contribution is -2.31. The summed E-state index contributed by atoms with van der Waals surface area (Å²) in [5.74, 6) is -0.126. The zero-order valence-corrected chi connectivity index (χ0v) is 10.9. The van der Waals surface area contributed by atoms with Crippen molar-refractivity contribution in [2.45, 2.75) is 17.6 Å². The quantitative estimate of drug-likeness (QED) is 0.831. The van der Waals surface area contributed by atoms with Crippen LogP contribution >= 0.6 is 23.1 Å². The summed E-state index contributed by atoms with van der Waals surface area (Å²) in [6.07, 6.45) is 4.46. The summed E-state index contributed by atoms with van der Waals surface area (Å²) in [4.78, 5) is 11.7. The zero-order chi connectivity index (χ0) is 11.6. The number of carbonyl (C=O) groups excluding carboxylic acids is 1. The summed E-state index contributed by atoms with van der Waals surface area (Å²) in [6, 6.07) is 0. The van der Waals surface area contributed by atoms with Crippen LogP contribution in [0.1, 0.15) is 22.6 Å². The van der Waals surface area contributed by atoms with Gasteiger partial charge in [-0.25, -0.2) is 0 Å². The number of hydrogen-bond acceptors (Lipinski definition) is 6. The summed E-state index contributed by atoms with van der Waals surface area (Å²) in [5.41, 5.74) is 0. The van der Waals surface area contributed by atoms with Crippen LogP contribution in [0, 0.1) is 0 Å². The van der Waals surface area contributed by atoms with E-state index in [-0.39, 0.29) is 10.7 Å². The lowest BCUT2D eigenvalue weighted by atomic mass is 10.4. The molecule has 2 rings (SSSR count). The molecule has 0 aromatic carbocycles. The van der Waals surface area contributed by atoms with E-state index in [0.717, 1.165) is 6.54 Å². The third-order valence-electron chi connectivity index (χ3n) is 2.64. The summed E-state index contributed by atoms with van der Waals surface area (Å²) in [5, 5.41) is 14.5. The molecule has 1 fully saturated rings. The van der Waals surface area contributed by atoms with E-state index in [0.29, 0.717) is 10.1 Å². The van der Waals surface area contributed by atoms with Gasteiger partial charge in [0.1, 0.15) is 0 Å². The molecule has 5 nitrogen and oxygen atoms in total. The fourth-order valence-corrected chi connectivity index (χ4v) is 2.67. The van der Waals surface area contributed by atoms with Gasteiger partial charge in [0, 0.05) is 18.3 Å². The summed E-state index contributed by atoms with van der Waals surface area (Å²) in [6.45, 7) is 0.724. The van der Waals surface area contributed by atoms with Crippen molar-refractivity contribution in [3.05, 3.63) is 5.01 Å². The molecular formula is C9H14N4OS2. The van der Waals surface area contributed by atoms with E-state index >= 15 is 0 Å². The van der Waals surface area contributed by atoms with E-state index in [1.54, 1.807) is 7.05 Å². The monoisotopic (exact) mass is 258 g/mol. The Bertz CT molecular complexity index is 389. The molecule has 88 valence electrons. The number of thioether (sulfide) groups is 1. The molecule has 0 saturated heterocycles. The molecule has 0 unspecified atom stereocenters. The number of rotatable bonds is 5. The number of carbonyl (C=O) groups is 1. The van der Waals surface area contributed by atoms with E-state index in [1.165, 1.54) is 24.2 Å². The molecule has 0 atom stereocenters. The molecule has 1 aliphatic rings. The minimum absolute atomic E-state index is 0.126. The fraction of sp³-hybridized carbons (Fsp3) is 0.667. The molecule has 0 bridgehead atoms. The van der Waals surface area contributed by atoms with Gasteiger partial charge in [-0.15, -0.1) is 10.2 Å². The SMILES string of the molecule is CNc1nnc(C(=O)NCC2(SC)CC2)s1. The predicted octanol–water partition coefficient (Wildman–Crippen LogP) is 1.21. The highest BCUT2D eigenvalue weighted by molar-refractivity contribution is 8.00. The van der Waals surface area contributed by atoms with Gasteiger partial charge in [-0.1, -0.05) is 11.3 Å². The Kier molecular flexibility index (Phi) is 3.34. The molecule has 7 heteroatoms. The van der Waals surface area contributed by atoms with Crippen molar-refractivity contribution in [2.75, 3.05) is 25.2 Å². The standard InChI is InChI=1S/C9H14N4OS2/c1-10-8-13-12-7(16-8)6(14)11-5-9(15-2)3-4-9/h3-5H2,1-2H3,(H,10,13)(H,11,14). The Morgan fingerprint density at radius 3 is 2.81 bits per heavy atom. The molecule has 16 heavy (non-hydrogen) atoms. The lowest BCUT2D eigenvalue weighted by molar-refractivity contribution is 0.0952. The Hall–Kier alpha value is -0.820. The number of hydrogen-bond donors (Lipinski definition) is 2. The second-order valence-electron chi connectivity index (χ2n) is 3.73. The maximum Gasteiger partial charge on any atom is 0.282 e. The average molecular weight is 258 g/mol. The third-order valence-corrected chi connectivity index (χ3v) is 5.00. The van der Waals surface area contributed by atoms with Crippen molar-refractivity contribution in [1.29, 1.82) is 0 Å². The van der Waals surface area contributed by atoms with Gasteiger partial charge in [-0.05, 0) is 19.1 Å². The van der Waals surface area contributed by atoms with Gasteiger partial charge in [0.05, 0.1) is 0 Å². The molecule has 1 amide bonds. The van der Waals surface area contributed by atoms with Crippen LogP contribution in [0.4, 0.5) is 5.13 Å². The lowest BCUT2D eigenvalue weighted by Gasteiger charge is -2.11. The van der Waals surface area contributed by atoms with E-state index in [4.69, 9.17) is 0 Å². The smallest absolute Gasteiger partial charge is 0.282 e. The molecule has 1 heterocycles. The van der Waals surface area contributed by atoms with Gasteiger partial charge in [0.15, 0.2) is 0 Å². The largest absolute Gasteiger partial charge is 0.363 e. The van der Waals surface area contributed by atoms with E-state index in [9.17, 15) is 4.79 Å². The number of nitrogens with one attached hydrogen (secondary N) is 2. The molecule has 1 aromatic heterocycles. The summed E-state index contributed by atoms with van der Waals surface area (Å²) in [7, 11) is 1.76. The van der Waals surface area contributed by atoms with Gasteiger partial charge in [0.2, 0.25) is 10.1 Å². The fourth-order valence-electron chi connectivity index (χ4n) is 1.33. The molecule has 2 N–H and O–H groups in total. The highest BCUT2D eigenvalue weighted by Crippen LogP contribution is 2.46. The highest BCUT2D eigenvalue weighted by atomic mass is 32.2. The summed E-state index contributed by atoms with van der Waals surface area (Å²) < 4.78 is 0.284. The van der Waals surface area contributed by atoms with Gasteiger partial charge in [0.25, 0.3) is 5.91 Å². The molecule has 1 saturated carbocycles. The van der Waals surface area contributed by atoms with Crippen molar-refractivity contribution >= 4 is 34.1 Å². The normalized spacial score (nSPS) is 16.9. The molecule has 0 spiro atoms. The van der Waals surface area contributed by atoms with Crippen LogP contribution in [-0.4, -0.2) is 40.7 Å². The van der Waals surface area contributed by atoms with Gasteiger partial charge < -0.3 is 10.6 Å². The number of aromatic nitrogens is 2. The van der Waals surface area contributed by atoms with Crippen LogP contribution in [0.15, 0.2) is 0 Å². The first-order chi connectivity index (χ1) is 7.69. The van der Waals surface area contributed by atoms with Crippen LogP contribution in [0.3, 0.4) is 0 Å². The molecule has 0 radical (unpaired) electrons. The average Bonchev–Trinajstić information content (AvgIpc) is 2.94.